The van der Waals surface area contributed by atoms with Gasteiger partial charge in [0.05, 0.1) is 22.8 Å². The number of allylic oxidation sites excluding steroid dienone is 4. The molecular weight excluding hydrogens is 376 g/mol. The molecule has 5 heteroatoms. The van der Waals surface area contributed by atoms with E-state index >= 15 is 0 Å². The molecule has 0 radical (unpaired) electrons. The van der Waals surface area contributed by atoms with Crippen LogP contribution in [0.3, 0.4) is 0 Å². The standard InChI is InChI=1S/C18H14N2S.C6H6N2/c19-13-9-11-14(12-10-13)20-15-5-1-3-7-17(15)21-18-8-4-2-6-16(18)20;7-5-3-1-2-4-6(5)8/h1-12H,19H2;1-4,7-8H. The number of nitrogen functional groups attached to an aromatic ring is 1. The molecule has 0 fully saturated rings. The van der Waals surface area contributed by atoms with Gasteiger partial charge in [0.1, 0.15) is 0 Å². The van der Waals surface area contributed by atoms with Crippen LogP contribution in [0.25, 0.3) is 0 Å². The van der Waals surface area contributed by atoms with E-state index in [4.69, 9.17) is 16.6 Å². The van der Waals surface area contributed by atoms with Crippen molar-refractivity contribution in [1.82, 2.24) is 0 Å². The molecule has 5 rings (SSSR count). The van der Waals surface area contributed by atoms with E-state index in [1.54, 1.807) is 24.3 Å². The van der Waals surface area contributed by atoms with Crippen molar-refractivity contribution in [3.8, 4) is 0 Å². The van der Waals surface area contributed by atoms with E-state index in [2.05, 4.69) is 65.6 Å². The van der Waals surface area contributed by atoms with Crippen molar-refractivity contribution in [3.05, 3.63) is 97.1 Å². The lowest BCUT2D eigenvalue weighted by molar-refractivity contribution is 1.17. The lowest BCUT2D eigenvalue weighted by Gasteiger charge is -2.32. The van der Waals surface area contributed by atoms with Crippen molar-refractivity contribution in [2.24, 2.45) is 0 Å². The quantitative estimate of drug-likeness (QED) is 0.259. The maximum absolute atomic E-state index is 7.03. The van der Waals surface area contributed by atoms with Crippen molar-refractivity contribution in [1.29, 1.82) is 10.8 Å². The van der Waals surface area contributed by atoms with Crippen molar-refractivity contribution >= 4 is 45.9 Å². The van der Waals surface area contributed by atoms with Gasteiger partial charge in [-0.25, -0.2) is 0 Å². The van der Waals surface area contributed by atoms with Gasteiger partial charge < -0.3 is 10.6 Å². The summed E-state index contributed by atoms with van der Waals surface area (Å²) < 4.78 is 0. The molecule has 142 valence electrons. The lowest BCUT2D eigenvalue weighted by atomic mass is 10.1. The Bertz CT molecular complexity index is 1060. The van der Waals surface area contributed by atoms with Crippen LogP contribution in [0.1, 0.15) is 0 Å². The third-order valence-corrected chi connectivity index (χ3v) is 5.64. The van der Waals surface area contributed by atoms with Gasteiger partial charge in [0.15, 0.2) is 0 Å². The molecule has 0 bridgehead atoms. The van der Waals surface area contributed by atoms with Crippen LogP contribution in [-0.4, -0.2) is 11.4 Å². The summed E-state index contributed by atoms with van der Waals surface area (Å²) in [5.74, 6) is 0. The summed E-state index contributed by atoms with van der Waals surface area (Å²) in [6.45, 7) is 0. The molecule has 2 aliphatic rings. The third-order valence-electron chi connectivity index (χ3n) is 4.51. The first-order valence-corrected chi connectivity index (χ1v) is 9.99. The fraction of sp³-hybridized carbons (Fsp3) is 0. The Hall–Kier alpha value is -3.57. The molecule has 3 aromatic carbocycles. The Morgan fingerprint density at radius 2 is 1.14 bits per heavy atom. The molecule has 0 saturated heterocycles. The second-order valence-electron chi connectivity index (χ2n) is 6.51. The normalized spacial score (nSPS) is 14.0. The topological polar surface area (TPSA) is 77.0 Å². The lowest BCUT2D eigenvalue weighted by Crippen LogP contribution is -2.14. The van der Waals surface area contributed by atoms with Gasteiger partial charge in [0.2, 0.25) is 0 Å². The second-order valence-corrected chi connectivity index (χ2v) is 7.59. The molecule has 1 aliphatic heterocycles. The highest BCUT2D eigenvalue weighted by atomic mass is 32.2. The van der Waals surface area contributed by atoms with Crippen molar-refractivity contribution in [3.63, 3.8) is 0 Å². The van der Waals surface area contributed by atoms with Crippen molar-refractivity contribution in [2.75, 3.05) is 10.6 Å². The average Bonchev–Trinajstić information content (AvgIpc) is 2.75. The summed E-state index contributed by atoms with van der Waals surface area (Å²) >= 11 is 1.82. The number of para-hydroxylation sites is 2. The fourth-order valence-corrected chi connectivity index (χ4v) is 4.15. The molecule has 4 nitrogen and oxygen atoms in total. The van der Waals surface area contributed by atoms with Crippen LogP contribution in [0.2, 0.25) is 0 Å². The molecule has 1 aliphatic carbocycles. The Labute approximate surface area is 174 Å². The third kappa shape index (κ3) is 4.00. The zero-order valence-corrected chi connectivity index (χ0v) is 16.5. The number of anilines is 4. The van der Waals surface area contributed by atoms with E-state index in [0.717, 1.165) is 11.4 Å². The summed E-state index contributed by atoms with van der Waals surface area (Å²) in [7, 11) is 0. The van der Waals surface area contributed by atoms with Crippen LogP contribution >= 0.6 is 11.8 Å². The zero-order chi connectivity index (χ0) is 20.2. The minimum absolute atomic E-state index is 0.285. The Morgan fingerprint density at radius 1 is 0.655 bits per heavy atom. The largest absolute Gasteiger partial charge is 0.399 e. The van der Waals surface area contributed by atoms with Gasteiger partial charge in [0, 0.05) is 21.2 Å². The highest BCUT2D eigenvalue weighted by molar-refractivity contribution is 7.99. The Balaban J connectivity index is 0.000000216. The number of hydrogen-bond donors (Lipinski definition) is 3. The van der Waals surface area contributed by atoms with Gasteiger partial charge in [0.25, 0.3) is 0 Å². The first-order valence-electron chi connectivity index (χ1n) is 9.17. The molecule has 0 spiro atoms. The zero-order valence-electron chi connectivity index (χ0n) is 15.7. The predicted octanol–water partition coefficient (Wildman–Crippen LogP) is 6.36. The molecule has 0 saturated carbocycles. The molecule has 0 atom stereocenters. The molecule has 29 heavy (non-hydrogen) atoms. The minimum Gasteiger partial charge on any atom is -0.399 e. The van der Waals surface area contributed by atoms with Crippen molar-refractivity contribution in [2.45, 2.75) is 9.79 Å². The van der Waals surface area contributed by atoms with Crippen LogP contribution in [0.5, 0.6) is 0 Å². The first kappa shape index (κ1) is 18.8. The molecular formula is C24H20N4S. The summed E-state index contributed by atoms with van der Waals surface area (Å²) in [6, 6.07) is 25.0. The number of rotatable bonds is 1. The summed E-state index contributed by atoms with van der Waals surface area (Å²) in [6.07, 6.45) is 6.70. The highest BCUT2D eigenvalue weighted by Gasteiger charge is 2.23. The van der Waals surface area contributed by atoms with E-state index in [1.807, 2.05) is 23.9 Å². The average molecular weight is 397 g/mol. The summed E-state index contributed by atoms with van der Waals surface area (Å²) in [5.41, 5.74) is 10.7. The minimum atomic E-state index is 0.285. The van der Waals surface area contributed by atoms with Gasteiger partial charge in [-0.2, -0.15) is 0 Å². The summed E-state index contributed by atoms with van der Waals surface area (Å²) in [4.78, 5) is 4.83. The van der Waals surface area contributed by atoms with Gasteiger partial charge in [-0.3, -0.25) is 10.8 Å². The van der Waals surface area contributed by atoms with E-state index in [1.165, 1.54) is 21.2 Å². The van der Waals surface area contributed by atoms with E-state index in [-0.39, 0.29) is 11.4 Å². The monoisotopic (exact) mass is 396 g/mol. The van der Waals surface area contributed by atoms with Crippen LogP contribution in [0, 0.1) is 10.8 Å². The molecule has 0 aromatic heterocycles. The maximum Gasteiger partial charge on any atom is 0.0789 e. The Kier molecular flexibility index (Phi) is 5.31. The fourth-order valence-electron chi connectivity index (χ4n) is 3.09. The number of nitrogens with zero attached hydrogens (tertiary/aromatic N) is 1. The molecule has 0 unspecified atom stereocenters. The van der Waals surface area contributed by atoms with Crippen LogP contribution in [0.4, 0.5) is 22.7 Å². The van der Waals surface area contributed by atoms with E-state index in [0.29, 0.717) is 0 Å². The molecule has 3 aromatic rings. The molecule has 4 N–H and O–H groups in total. The first-order chi connectivity index (χ1) is 14.1. The van der Waals surface area contributed by atoms with Gasteiger partial charge >= 0.3 is 0 Å². The second kappa shape index (κ2) is 8.20. The number of nitrogens with one attached hydrogen (secondary N) is 2. The van der Waals surface area contributed by atoms with E-state index in [9.17, 15) is 0 Å². The van der Waals surface area contributed by atoms with Crippen LogP contribution in [0.15, 0.2) is 107 Å². The maximum atomic E-state index is 7.03. The smallest absolute Gasteiger partial charge is 0.0789 e. The van der Waals surface area contributed by atoms with Crippen LogP contribution in [-0.2, 0) is 0 Å². The van der Waals surface area contributed by atoms with Crippen molar-refractivity contribution < 1.29 is 0 Å². The molecule has 0 amide bonds. The van der Waals surface area contributed by atoms with Crippen LogP contribution < -0.4 is 10.6 Å². The SMILES string of the molecule is N=C1C=CC=CC1=N.Nc1ccc(N2c3ccccc3Sc3ccccc32)cc1. The van der Waals surface area contributed by atoms with Gasteiger partial charge in [-0.05, 0) is 60.7 Å². The number of fused-ring (bicyclic) bond motifs is 2. The Morgan fingerprint density at radius 3 is 1.62 bits per heavy atom. The van der Waals surface area contributed by atoms with Gasteiger partial charge in [-0.15, -0.1) is 0 Å². The van der Waals surface area contributed by atoms with Gasteiger partial charge in [-0.1, -0.05) is 48.2 Å². The van der Waals surface area contributed by atoms with E-state index < -0.39 is 0 Å². The number of nitrogens with two attached hydrogens (primary N) is 1. The summed E-state index contributed by atoms with van der Waals surface area (Å²) in [5, 5.41) is 14.1. The molecule has 1 heterocycles. The predicted molar refractivity (Wildman–Crippen MR) is 123 cm³/mol. The number of hydrogen-bond acceptors (Lipinski definition) is 5. The number of benzene rings is 3. The highest BCUT2D eigenvalue weighted by Crippen LogP contribution is 2.50.